The minimum atomic E-state index is 0.0578. The fourth-order valence-electron chi connectivity index (χ4n) is 1.69. The number of rotatable bonds is 1. The minimum absolute atomic E-state index is 0.0578. The van der Waals surface area contributed by atoms with Crippen molar-refractivity contribution in [2.75, 3.05) is 5.32 Å². The molecule has 0 spiro atoms. The standard InChI is InChI=1S/C11H10N4/c1-2-4-10-9(3-1)5-6-11(14-10)15-8-12-7-13-15/h1-8,11,14H. The van der Waals surface area contributed by atoms with Gasteiger partial charge in [-0.05, 0) is 17.7 Å². The van der Waals surface area contributed by atoms with Gasteiger partial charge in [0.1, 0.15) is 18.8 Å². The Morgan fingerprint density at radius 2 is 2.20 bits per heavy atom. The lowest BCUT2D eigenvalue weighted by Gasteiger charge is -2.21. The van der Waals surface area contributed by atoms with Crippen molar-refractivity contribution in [3.8, 4) is 0 Å². The van der Waals surface area contributed by atoms with Gasteiger partial charge in [-0.15, -0.1) is 0 Å². The van der Waals surface area contributed by atoms with Gasteiger partial charge in [-0.1, -0.05) is 24.3 Å². The summed E-state index contributed by atoms with van der Waals surface area (Å²) in [6, 6.07) is 8.18. The van der Waals surface area contributed by atoms with Gasteiger partial charge < -0.3 is 5.32 Å². The average molecular weight is 198 g/mol. The van der Waals surface area contributed by atoms with E-state index in [0.29, 0.717) is 0 Å². The highest BCUT2D eigenvalue weighted by molar-refractivity contribution is 5.70. The van der Waals surface area contributed by atoms with E-state index in [4.69, 9.17) is 0 Å². The third-order valence-corrected chi connectivity index (χ3v) is 2.44. The van der Waals surface area contributed by atoms with Crippen molar-refractivity contribution in [1.82, 2.24) is 14.8 Å². The van der Waals surface area contributed by atoms with Gasteiger partial charge in [-0.25, -0.2) is 9.67 Å². The van der Waals surface area contributed by atoms with Gasteiger partial charge in [0.25, 0.3) is 0 Å². The first-order chi connectivity index (χ1) is 7.43. The van der Waals surface area contributed by atoms with E-state index >= 15 is 0 Å². The van der Waals surface area contributed by atoms with Crippen molar-refractivity contribution >= 4 is 11.8 Å². The quantitative estimate of drug-likeness (QED) is 0.761. The molecule has 0 saturated carbocycles. The molecule has 0 fully saturated rings. The molecule has 0 amide bonds. The van der Waals surface area contributed by atoms with E-state index in [-0.39, 0.29) is 6.17 Å². The Morgan fingerprint density at radius 1 is 1.27 bits per heavy atom. The summed E-state index contributed by atoms with van der Waals surface area (Å²) in [7, 11) is 0. The summed E-state index contributed by atoms with van der Waals surface area (Å²) in [5.74, 6) is 0. The molecule has 1 atom stereocenters. The average Bonchev–Trinajstić information content (AvgIpc) is 2.82. The Kier molecular flexibility index (Phi) is 1.78. The number of benzene rings is 1. The third kappa shape index (κ3) is 1.40. The summed E-state index contributed by atoms with van der Waals surface area (Å²) in [5, 5.41) is 7.48. The van der Waals surface area contributed by atoms with Gasteiger partial charge in [0, 0.05) is 5.69 Å². The topological polar surface area (TPSA) is 42.7 Å². The molecule has 1 unspecified atom stereocenters. The van der Waals surface area contributed by atoms with Crippen molar-refractivity contribution < 1.29 is 0 Å². The zero-order chi connectivity index (χ0) is 10.1. The number of nitrogens with one attached hydrogen (secondary N) is 1. The van der Waals surface area contributed by atoms with Crippen molar-refractivity contribution in [2.45, 2.75) is 6.17 Å². The first-order valence-electron chi connectivity index (χ1n) is 4.81. The monoisotopic (exact) mass is 198 g/mol. The largest absolute Gasteiger partial charge is 0.360 e. The van der Waals surface area contributed by atoms with E-state index in [1.807, 2.05) is 12.1 Å². The Bertz CT molecular complexity index is 487. The molecule has 0 saturated heterocycles. The van der Waals surface area contributed by atoms with E-state index in [9.17, 15) is 0 Å². The molecule has 1 aliphatic rings. The summed E-state index contributed by atoms with van der Waals surface area (Å²) in [6.07, 6.45) is 7.46. The maximum absolute atomic E-state index is 4.10. The summed E-state index contributed by atoms with van der Waals surface area (Å²) >= 11 is 0. The maximum atomic E-state index is 4.10. The van der Waals surface area contributed by atoms with E-state index in [0.717, 1.165) is 5.69 Å². The highest BCUT2D eigenvalue weighted by Crippen LogP contribution is 2.25. The zero-order valence-electron chi connectivity index (χ0n) is 8.04. The van der Waals surface area contributed by atoms with Crippen LogP contribution in [0.15, 0.2) is 43.0 Å². The van der Waals surface area contributed by atoms with Crippen LogP contribution in [0.2, 0.25) is 0 Å². The molecule has 0 aliphatic carbocycles. The molecular formula is C11H10N4. The van der Waals surface area contributed by atoms with Crippen molar-refractivity contribution in [3.05, 3.63) is 48.6 Å². The van der Waals surface area contributed by atoms with Gasteiger partial charge in [0.05, 0.1) is 0 Å². The van der Waals surface area contributed by atoms with Crippen LogP contribution in [0, 0.1) is 0 Å². The lowest BCUT2D eigenvalue weighted by Crippen LogP contribution is -2.19. The molecule has 0 radical (unpaired) electrons. The van der Waals surface area contributed by atoms with Crippen molar-refractivity contribution in [3.63, 3.8) is 0 Å². The minimum Gasteiger partial charge on any atom is -0.360 e. The predicted molar refractivity (Wildman–Crippen MR) is 58.2 cm³/mol. The van der Waals surface area contributed by atoms with Crippen LogP contribution in [-0.2, 0) is 0 Å². The molecule has 74 valence electrons. The molecule has 1 N–H and O–H groups in total. The molecule has 0 bridgehead atoms. The van der Waals surface area contributed by atoms with Crippen LogP contribution in [0.1, 0.15) is 11.7 Å². The number of hydrogen-bond acceptors (Lipinski definition) is 3. The number of para-hydroxylation sites is 1. The highest BCUT2D eigenvalue weighted by atomic mass is 15.4. The lowest BCUT2D eigenvalue weighted by molar-refractivity contribution is 0.590. The van der Waals surface area contributed by atoms with Crippen LogP contribution in [0.4, 0.5) is 5.69 Å². The molecule has 15 heavy (non-hydrogen) atoms. The van der Waals surface area contributed by atoms with Crippen LogP contribution < -0.4 is 5.32 Å². The van der Waals surface area contributed by atoms with Gasteiger partial charge >= 0.3 is 0 Å². The van der Waals surface area contributed by atoms with Crippen LogP contribution in [0.3, 0.4) is 0 Å². The molecule has 1 aliphatic heterocycles. The number of anilines is 1. The molecular weight excluding hydrogens is 188 g/mol. The summed E-state index contributed by atoms with van der Waals surface area (Å²) in [5.41, 5.74) is 2.33. The number of fused-ring (bicyclic) bond motifs is 1. The molecule has 1 aromatic carbocycles. The molecule has 4 nitrogen and oxygen atoms in total. The van der Waals surface area contributed by atoms with Crippen LogP contribution in [0.25, 0.3) is 6.08 Å². The van der Waals surface area contributed by atoms with Crippen molar-refractivity contribution in [1.29, 1.82) is 0 Å². The fraction of sp³-hybridized carbons (Fsp3) is 0.0909. The van der Waals surface area contributed by atoms with Gasteiger partial charge in [-0.3, -0.25) is 0 Å². The highest BCUT2D eigenvalue weighted by Gasteiger charge is 2.13. The predicted octanol–water partition coefficient (Wildman–Crippen LogP) is 1.92. The maximum Gasteiger partial charge on any atom is 0.141 e. The Hall–Kier alpha value is -2.10. The smallest absolute Gasteiger partial charge is 0.141 e. The summed E-state index contributed by atoms with van der Waals surface area (Å²) < 4.78 is 1.78. The summed E-state index contributed by atoms with van der Waals surface area (Å²) in [4.78, 5) is 3.93. The van der Waals surface area contributed by atoms with E-state index in [2.05, 4.69) is 39.7 Å². The normalized spacial score (nSPS) is 18.3. The SMILES string of the molecule is C1=CC(n2cncn2)Nc2ccccc21. The zero-order valence-corrected chi connectivity index (χ0v) is 8.04. The first kappa shape index (κ1) is 8.23. The van der Waals surface area contributed by atoms with Crippen LogP contribution >= 0.6 is 0 Å². The number of hydrogen-bond donors (Lipinski definition) is 1. The van der Waals surface area contributed by atoms with E-state index in [1.54, 1.807) is 11.0 Å². The summed E-state index contributed by atoms with van der Waals surface area (Å²) in [6.45, 7) is 0. The molecule has 2 heterocycles. The number of aromatic nitrogens is 3. The fourth-order valence-corrected chi connectivity index (χ4v) is 1.69. The Labute approximate surface area is 87.3 Å². The Balaban J connectivity index is 1.96. The second-order valence-electron chi connectivity index (χ2n) is 3.41. The molecule has 3 rings (SSSR count). The van der Waals surface area contributed by atoms with Crippen LogP contribution in [-0.4, -0.2) is 14.8 Å². The molecule has 1 aromatic heterocycles. The third-order valence-electron chi connectivity index (χ3n) is 2.44. The van der Waals surface area contributed by atoms with E-state index in [1.165, 1.54) is 11.9 Å². The molecule has 2 aromatic rings. The van der Waals surface area contributed by atoms with Crippen LogP contribution in [0.5, 0.6) is 0 Å². The van der Waals surface area contributed by atoms with E-state index < -0.39 is 0 Å². The number of nitrogens with zero attached hydrogens (tertiary/aromatic N) is 3. The lowest BCUT2D eigenvalue weighted by atomic mass is 10.1. The van der Waals surface area contributed by atoms with Gasteiger partial charge in [0.2, 0.25) is 0 Å². The Morgan fingerprint density at radius 3 is 3.07 bits per heavy atom. The first-order valence-corrected chi connectivity index (χ1v) is 4.81. The van der Waals surface area contributed by atoms with Gasteiger partial charge in [-0.2, -0.15) is 5.10 Å². The second-order valence-corrected chi connectivity index (χ2v) is 3.41. The second kappa shape index (κ2) is 3.24. The molecule has 4 heteroatoms. The van der Waals surface area contributed by atoms with Gasteiger partial charge in [0.15, 0.2) is 0 Å². The van der Waals surface area contributed by atoms with Crippen molar-refractivity contribution in [2.24, 2.45) is 0 Å².